The maximum absolute atomic E-state index is 11.4. The van der Waals surface area contributed by atoms with Crippen molar-refractivity contribution in [1.82, 2.24) is 0 Å². The zero-order valence-electron chi connectivity index (χ0n) is 10.4. The quantitative estimate of drug-likeness (QED) is 0.811. The van der Waals surface area contributed by atoms with E-state index in [1.807, 2.05) is 24.3 Å². The molecule has 0 aliphatic carbocycles. The van der Waals surface area contributed by atoms with E-state index in [-0.39, 0.29) is 12.3 Å². The summed E-state index contributed by atoms with van der Waals surface area (Å²) in [5, 5.41) is 0. The largest absolute Gasteiger partial charge is 0.372 e. The Bertz CT molecular complexity index is 378. The number of benzene rings is 1. The molecule has 2 N–H and O–H groups in total. The molecule has 1 fully saturated rings. The number of anilines is 1. The van der Waals surface area contributed by atoms with Crippen molar-refractivity contribution in [3.8, 4) is 0 Å². The first kappa shape index (κ1) is 12.1. The molecule has 0 saturated carbocycles. The highest BCUT2D eigenvalue weighted by molar-refractivity contribution is 5.97. The van der Waals surface area contributed by atoms with Crippen molar-refractivity contribution in [3.05, 3.63) is 29.8 Å². The summed E-state index contributed by atoms with van der Waals surface area (Å²) in [5.74, 6) is 0.841. The van der Waals surface area contributed by atoms with Crippen molar-refractivity contribution in [2.45, 2.75) is 19.8 Å². The smallest absolute Gasteiger partial charge is 0.176 e. The zero-order chi connectivity index (χ0) is 12.3. The van der Waals surface area contributed by atoms with Gasteiger partial charge in [-0.2, -0.15) is 0 Å². The van der Waals surface area contributed by atoms with Crippen LogP contribution < -0.4 is 10.6 Å². The van der Waals surface area contributed by atoms with E-state index in [9.17, 15) is 4.79 Å². The molecule has 1 aliphatic rings. The lowest BCUT2D eigenvalue weighted by molar-refractivity contribution is 0.100. The Kier molecular flexibility index (Phi) is 3.79. The lowest BCUT2D eigenvalue weighted by Gasteiger charge is -2.32. The topological polar surface area (TPSA) is 46.3 Å². The first-order valence-corrected chi connectivity index (χ1v) is 6.29. The van der Waals surface area contributed by atoms with Gasteiger partial charge in [-0.05, 0) is 43.0 Å². The highest BCUT2D eigenvalue weighted by atomic mass is 16.1. The molecular weight excluding hydrogens is 212 g/mol. The summed E-state index contributed by atoms with van der Waals surface area (Å²) in [5.41, 5.74) is 7.26. The Morgan fingerprint density at radius 3 is 2.41 bits per heavy atom. The van der Waals surface area contributed by atoms with Gasteiger partial charge in [0.15, 0.2) is 5.78 Å². The summed E-state index contributed by atoms with van der Waals surface area (Å²) < 4.78 is 0. The number of piperidine rings is 1. The maximum Gasteiger partial charge on any atom is 0.176 e. The summed E-state index contributed by atoms with van der Waals surface area (Å²) >= 11 is 0. The fraction of sp³-hybridized carbons (Fsp3) is 0.500. The van der Waals surface area contributed by atoms with Gasteiger partial charge in [-0.3, -0.25) is 4.79 Å². The number of hydrogen-bond acceptors (Lipinski definition) is 3. The molecule has 0 radical (unpaired) electrons. The van der Waals surface area contributed by atoms with Gasteiger partial charge in [-0.25, -0.2) is 0 Å². The molecular formula is C14H20N2O. The molecule has 1 aromatic carbocycles. The minimum atomic E-state index is 0.00353. The van der Waals surface area contributed by atoms with Gasteiger partial charge in [0.25, 0.3) is 0 Å². The van der Waals surface area contributed by atoms with Gasteiger partial charge >= 0.3 is 0 Å². The zero-order valence-corrected chi connectivity index (χ0v) is 10.4. The molecule has 1 heterocycles. The second kappa shape index (κ2) is 5.32. The molecule has 1 saturated heterocycles. The molecule has 0 spiro atoms. The van der Waals surface area contributed by atoms with Gasteiger partial charge in [0.1, 0.15) is 0 Å². The van der Waals surface area contributed by atoms with Gasteiger partial charge in [-0.1, -0.05) is 6.92 Å². The third-order valence-corrected chi connectivity index (χ3v) is 3.52. The Balaban J connectivity index is 2.05. The van der Waals surface area contributed by atoms with Crippen molar-refractivity contribution in [1.29, 1.82) is 0 Å². The Hall–Kier alpha value is -1.35. The van der Waals surface area contributed by atoms with Crippen molar-refractivity contribution >= 4 is 11.5 Å². The van der Waals surface area contributed by atoms with Crippen molar-refractivity contribution in [3.63, 3.8) is 0 Å². The van der Waals surface area contributed by atoms with Crippen molar-refractivity contribution in [2.24, 2.45) is 11.7 Å². The SMILES string of the molecule is CC1CCN(c2ccc(C(=O)CN)cc2)CC1. The molecule has 0 amide bonds. The van der Waals surface area contributed by atoms with Crippen LogP contribution in [0.2, 0.25) is 0 Å². The second-order valence-corrected chi connectivity index (χ2v) is 4.84. The van der Waals surface area contributed by atoms with E-state index in [0.717, 1.165) is 19.0 Å². The number of ketones is 1. The van der Waals surface area contributed by atoms with Crippen LogP contribution in [-0.4, -0.2) is 25.4 Å². The number of nitrogens with two attached hydrogens (primary N) is 1. The summed E-state index contributed by atoms with van der Waals surface area (Å²) in [6, 6.07) is 7.81. The third kappa shape index (κ3) is 2.86. The molecule has 1 aliphatic heterocycles. The average Bonchev–Trinajstić information content (AvgIpc) is 2.39. The van der Waals surface area contributed by atoms with E-state index in [1.165, 1.54) is 18.5 Å². The van der Waals surface area contributed by atoms with Crippen LogP contribution in [0.25, 0.3) is 0 Å². The highest BCUT2D eigenvalue weighted by Crippen LogP contribution is 2.23. The summed E-state index contributed by atoms with van der Waals surface area (Å²) in [7, 11) is 0. The van der Waals surface area contributed by atoms with Crippen molar-refractivity contribution in [2.75, 3.05) is 24.5 Å². The number of carbonyl (C=O) groups is 1. The Morgan fingerprint density at radius 1 is 1.29 bits per heavy atom. The molecule has 1 aromatic rings. The summed E-state index contributed by atoms with van der Waals surface area (Å²) in [4.78, 5) is 13.8. The van der Waals surface area contributed by atoms with Crippen LogP contribution >= 0.6 is 0 Å². The van der Waals surface area contributed by atoms with Gasteiger partial charge < -0.3 is 10.6 Å². The molecule has 3 heteroatoms. The van der Waals surface area contributed by atoms with Crippen LogP contribution in [0.3, 0.4) is 0 Å². The first-order valence-electron chi connectivity index (χ1n) is 6.29. The first-order chi connectivity index (χ1) is 8.20. The molecule has 0 atom stereocenters. The van der Waals surface area contributed by atoms with Gasteiger partial charge in [0, 0.05) is 24.3 Å². The van der Waals surface area contributed by atoms with Crippen LogP contribution in [-0.2, 0) is 0 Å². The molecule has 0 aromatic heterocycles. The monoisotopic (exact) mass is 232 g/mol. The maximum atomic E-state index is 11.4. The highest BCUT2D eigenvalue weighted by Gasteiger charge is 2.16. The molecule has 92 valence electrons. The molecule has 0 bridgehead atoms. The van der Waals surface area contributed by atoms with Crippen molar-refractivity contribution < 1.29 is 4.79 Å². The Morgan fingerprint density at radius 2 is 1.88 bits per heavy atom. The summed E-state index contributed by atoms with van der Waals surface area (Å²) in [6.45, 7) is 4.62. The van der Waals surface area contributed by atoms with Crippen LogP contribution in [0.5, 0.6) is 0 Å². The lowest BCUT2D eigenvalue weighted by atomic mass is 9.98. The van der Waals surface area contributed by atoms with Gasteiger partial charge in [0.05, 0.1) is 6.54 Å². The van der Waals surface area contributed by atoms with E-state index in [4.69, 9.17) is 5.73 Å². The van der Waals surface area contributed by atoms with E-state index in [1.54, 1.807) is 0 Å². The van der Waals surface area contributed by atoms with E-state index < -0.39 is 0 Å². The minimum Gasteiger partial charge on any atom is -0.372 e. The van der Waals surface area contributed by atoms with E-state index >= 15 is 0 Å². The molecule has 2 rings (SSSR count). The number of rotatable bonds is 3. The van der Waals surface area contributed by atoms with Gasteiger partial charge in [0.2, 0.25) is 0 Å². The van der Waals surface area contributed by atoms with Crippen LogP contribution in [0.4, 0.5) is 5.69 Å². The van der Waals surface area contributed by atoms with Crippen LogP contribution in [0.15, 0.2) is 24.3 Å². The van der Waals surface area contributed by atoms with Gasteiger partial charge in [-0.15, -0.1) is 0 Å². The number of nitrogens with zero attached hydrogens (tertiary/aromatic N) is 1. The minimum absolute atomic E-state index is 0.00353. The predicted molar refractivity (Wildman–Crippen MR) is 70.4 cm³/mol. The number of Topliss-reactive ketones (excluding diaryl/α,β-unsaturated/α-hetero) is 1. The molecule has 17 heavy (non-hydrogen) atoms. The summed E-state index contributed by atoms with van der Waals surface area (Å²) in [6.07, 6.45) is 2.51. The fourth-order valence-corrected chi connectivity index (χ4v) is 2.24. The van der Waals surface area contributed by atoms with Crippen LogP contribution in [0.1, 0.15) is 30.1 Å². The predicted octanol–water partition coefficient (Wildman–Crippen LogP) is 2.06. The Labute approximate surface area is 103 Å². The third-order valence-electron chi connectivity index (χ3n) is 3.52. The fourth-order valence-electron chi connectivity index (χ4n) is 2.24. The van der Waals surface area contributed by atoms with Crippen LogP contribution in [0, 0.1) is 5.92 Å². The normalized spacial score (nSPS) is 17.2. The number of hydrogen-bond donors (Lipinski definition) is 1. The van der Waals surface area contributed by atoms with E-state index in [2.05, 4.69) is 11.8 Å². The average molecular weight is 232 g/mol. The second-order valence-electron chi connectivity index (χ2n) is 4.84. The molecule has 3 nitrogen and oxygen atoms in total. The standard InChI is InChI=1S/C14H20N2O/c1-11-6-8-16(9-7-11)13-4-2-12(3-5-13)14(17)10-15/h2-5,11H,6-10,15H2,1H3. The van der Waals surface area contributed by atoms with E-state index in [0.29, 0.717) is 5.56 Å². The number of carbonyl (C=O) groups excluding carboxylic acids is 1. The molecule has 0 unspecified atom stereocenters. The lowest BCUT2D eigenvalue weighted by Crippen LogP contribution is -2.32.